The fourth-order valence-corrected chi connectivity index (χ4v) is 6.72. The zero-order valence-corrected chi connectivity index (χ0v) is 14.0. The minimum atomic E-state index is -0.607. The molecule has 2 heteroatoms. The summed E-state index contributed by atoms with van der Waals surface area (Å²) in [5, 5.41) is 2.72. The molecule has 1 heterocycles. The van der Waals surface area contributed by atoms with Crippen molar-refractivity contribution in [2.75, 3.05) is 24.4 Å². The molecular formula is C19H26OS. The van der Waals surface area contributed by atoms with E-state index in [4.69, 9.17) is 4.74 Å². The molecule has 0 amide bonds. The van der Waals surface area contributed by atoms with Crippen molar-refractivity contribution in [1.82, 2.24) is 0 Å². The third-order valence-electron chi connectivity index (χ3n) is 4.57. The van der Waals surface area contributed by atoms with E-state index >= 15 is 0 Å². The molecule has 1 saturated heterocycles. The molecule has 0 aromatic heterocycles. The molecule has 0 radical (unpaired) electrons. The second-order valence-electron chi connectivity index (χ2n) is 6.20. The Bertz CT molecular complexity index is 614. The van der Waals surface area contributed by atoms with Gasteiger partial charge >= 0.3 is 0 Å². The highest BCUT2D eigenvalue weighted by Crippen LogP contribution is 2.59. The Hall–Kier alpha value is -1.15. The maximum Gasteiger partial charge on any atom is 0.127 e. The highest BCUT2D eigenvalue weighted by atomic mass is 32.3. The Kier molecular flexibility index (Phi) is 4.44. The summed E-state index contributed by atoms with van der Waals surface area (Å²) in [7, 11) is -0.607. The predicted octanol–water partition coefficient (Wildman–Crippen LogP) is 5.61. The predicted molar refractivity (Wildman–Crippen MR) is 95.1 cm³/mol. The third kappa shape index (κ3) is 2.91. The molecule has 1 aliphatic heterocycles. The average molecular weight is 302 g/mol. The summed E-state index contributed by atoms with van der Waals surface area (Å²) >= 11 is 0. The van der Waals surface area contributed by atoms with Crippen LogP contribution >= 0.6 is 10.0 Å². The van der Waals surface area contributed by atoms with E-state index in [1.807, 2.05) is 0 Å². The summed E-state index contributed by atoms with van der Waals surface area (Å²) in [4.78, 5) is 1.60. The van der Waals surface area contributed by atoms with Gasteiger partial charge in [0.2, 0.25) is 0 Å². The van der Waals surface area contributed by atoms with E-state index in [-0.39, 0.29) is 0 Å². The van der Waals surface area contributed by atoms with Crippen LogP contribution in [0.15, 0.2) is 41.3 Å². The van der Waals surface area contributed by atoms with Gasteiger partial charge in [0, 0.05) is 5.39 Å². The maximum atomic E-state index is 6.02. The van der Waals surface area contributed by atoms with E-state index < -0.39 is 10.0 Å². The van der Waals surface area contributed by atoms with Crippen LogP contribution in [0.3, 0.4) is 0 Å². The normalized spacial score (nSPS) is 18.8. The van der Waals surface area contributed by atoms with Gasteiger partial charge in [0.05, 0.1) is 6.61 Å². The quantitative estimate of drug-likeness (QED) is 0.653. The molecule has 3 rings (SSSR count). The number of hydrogen-bond donors (Lipinski definition) is 0. The molecule has 114 valence electrons. The molecule has 2 aromatic rings. The minimum Gasteiger partial charge on any atom is -0.493 e. The number of fused-ring (bicyclic) bond motifs is 1. The first-order chi connectivity index (χ1) is 10.2. The van der Waals surface area contributed by atoms with Gasteiger partial charge in [0.15, 0.2) is 0 Å². The smallest absolute Gasteiger partial charge is 0.127 e. The summed E-state index contributed by atoms with van der Waals surface area (Å²) in [6.45, 7) is 3.03. The van der Waals surface area contributed by atoms with Gasteiger partial charge in [0.1, 0.15) is 5.75 Å². The Balaban J connectivity index is 2.02. The summed E-state index contributed by atoms with van der Waals surface area (Å²) in [5.74, 6) is 3.85. The van der Waals surface area contributed by atoms with Gasteiger partial charge in [-0.2, -0.15) is 0 Å². The highest BCUT2D eigenvalue weighted by molar-refractivity contribution is 8.33. The van der Waals surface area contributed by atoms with Crippen molar-refractivity contribution in [2.24, 2.45) is 0 Å². The standard InChI is InChI=1S/C19H26OS/c1-3-4-13-20-18-11-12-19(21(2)14-7-8-15-21)17-10-6-5-9-16(17)18/h5-6,9-12H,3-4,7-8,13-15H2,1-2H3. The first-order valence-corrected chi connectivity index (χ1v) is 10.5. The van der Waals surface area contributed by atoms with Crippen molar-refractivity contribution in [3.05, 3.63) is 36.4 Å². The van der Waals surface area contributed by atoms with Crippen LogP contribution in [0.2, 0.25) is 0 Å². The van der Waals surface area contributed by atoms with Crippen molar-refractivity contribution in [3.63, 3.8) is 0 Å². The van der Waals surface area contributed by atoms with Crippen molar-refractivity contribution >= 4 is 20.8 Å². The number of hydrogen-bond acceptors (Lipinski definition) is 1. The number of rotatable bonds is 5. The molecule has 1 nitrogen and oxygen atoms in total. The lowest BCUT2D eigenvalue weighted by molar-refractivity contribution is 0.313. The molecule has 2 aromatic carbocycles. The van der Waals surface area contributed by atoms with Crippen LogP contribution in [0.4, 0.5) is 0 Å². The fraction of sp³-hybridized carbons (Fsp3) is 0.474. The molecular weight excluding hydrogens is 276 g/mol. The first-order valence-electron chi connectivity index (χ1n) is 8.13. The summed E-state index contributed by atoms with van der Waals surface area (Å²) in [5.41, 5.74) is 0. The van der Waals surface area contributed by atoms with Gasteiger partial charge in [-0.05, 0) is 59.4 Å². The van der Waals surface area contributed by atoms with Gasteiger partial charge in [-0.1, -0.05) is 37.6 Å². The summed E-state index contributed by atoms with van der Waals surface area (Å²) < 4.78 is 6.02. The second-order valence-corrected chi connectivity index (χ2v) is 10.0. The molecule has 1 aliphatic rings. The molecule has 1 fully saturated rings. The summed E-state index contributed by atoms with van der Waals surface area (Å²) in [6.07, 6.45) is 7.61. The monoisotopic (exact) mass is 302 g/mol. The first kappa shape index (κ1) is 14.8. The summed E-state index contributed by atoms with van der Waals surface area (Å²) in [6, 6.07) is 13.4. The van der Waals surface area contributed by atoms with Crippen LogP contribution in [0, 0.1) is 0 Å². The average Bonchev–Trinajstić information content (AvgIpc) is 2.95. The van der Waals surface area contributed by atoms with E-state index in [1.54, 1.807) is 4.90 Å². The molecule has 0 N–H and O–H groups in total. The Morgan fingerprint density at radius 1 is 1.00 bits per heavy atom. The number of ether oxygens (including phenoxy) is 1. The van der Waals surface area contributed by atoms with Crippen LogP contribution in [-0.4, -0.2) is 24.4 Å². The van der Waals surface area contributed by atoms with E-state index in [0.29, 0.717) is 0 Å². The molecule has 0 aliphatic carbocycles. The van der Waals surface area contributed by atoms with Gasteiger partial charge in [-0.15, -0.1) is 0 Å². The van der Waals surface area contributed by atoms with Gasteiger partial charge in [0.25, 0.3) is 0 Å². The lowest BCUT2D eigenvalue weighted by Gasteiger charge is -2.32. The van der Waals surface area contributed by atoms with E-state index in [0.717, 1.165) is 18.8 Å². The lowest BCUT2D eigenvalue weighted by atomic mass is 10.1. The molecule has 0 spiro atoms. The largest absolute Gasteiger partial charge is 0.493 e. The molecule has 0 unspecified atom stereocenters. The maximum absolute atomic E-state index is 6.02. The lowest BCUT2D eigenvalue weighted by Crippen LogP contribution is -2.03. The van der Waals surface area contributed by atoms with Crippen molar-refractivity contribution in [1.29, 1.82) is 0 Å². The SMILES string of the molecule is CCCCOc1ccc(S2(C)CCCC2)c2ccccc12. The van der Waals surface area contributed by atoms with E-state index in [1.165, 1.54) is 41.5 Å². The molecule has 0 saturated carbocycles. The van der Waals surface area contributed by atoms with Crippen LogP contribution in [-0.2, 0) is 0 Å². The molecule has 21 heavy (non-hydrogen) atoms. The van der Waals surface area contributed by atoms with Crippen LogP contribution in [0.5, 0.6) is 5.75 Å². The van der Waals surface area contributed by atoms with Crippen molar-refractivity contribution in [2.45, 2.75) is 37.5 Å². The molecule has 0 atom stereocenters. The Morgan fingerprint density at radius 2 is 1.71 bits per heavy atom. The fourth-order valence-electron chi connectivity index (χ4n) is 3.29. The van der Waals surface area contributed by atoms with Crippen molar-refractivity contribution in [3.8, 4) is 5.75 Å². The van der Waals surface area contributed by atoms with Crippen LogP contribution in [0.1, 0.15) is 32.6 Å². The highest BCUT2D eigenvalue weighted by Gasteiger charge is 2.27. The zero-order chi connectivity index (χ0) is 14.7. The Labute approximate surface area is 130 Å². The van der Waals surface area contributed by atoms with Crippen LogP contribution < -0.4 is 4.74 Å². The zero-order valence-electron chi connectivity index (χ0n) is 13.2. The van der Waals surface area contributed by atoms with Gasteiger partial charge < -0.3 is 4.74 Å². The van der Waals surface area contributed by atoms with Gasteiger partial charge in [-0.25, -0.2) is 10.0 Å². The third-order valence-corrected chi connectivity index (χ3v) is 8.37. The van der Waals surface area contributed by atoms with Crippen molar-refractivity contribution < 1.29 is 4.74 Å². The second kappa shape index (κ2) is 6.31. The topological polar surface area (TPSA) is 9.23 Å². The Morgan fingerprint density at radius 3 is 2.43 bits per heavy atom. The number of unbranched alkanes of at least 4 members (excludes halogenated alkanes) is 1. The van der Waals surface area contributed by atoms with E-state index in [2.05, 4.69) is 49.6 Å². The minimum absolute atomic E-state index is 0.607. The number of benzene rings is 2. The van der Waals surface area contributed by atoms with E-state index in [9.17, 15) is 0 Å². The van der Waals surface area contributed by atoms with Gasteiger partial charge in [-0.3, -0.25) is 0 Å². The van der Waals surface area contributed by atoms with Crippen LogP contribution in [0.25, 0.3) is 10.8 Å². The molecule has 0 bridgehead atoms.